The fraction of sp³-hybridized carbons (Fsp3) is 0.400. The van der Waals surface area contributed by atoms with Crippen LogP contribution in [0.15, 0.2) is 10.9 Å². The second-order valence-corrected chi connectivity index (χ2v) is 2.55. The number of imidazole rings is 1. The molecule has 3 nitrogen and oxygen atoms in total. The second kappa shape index (κ2) is 2.49. The van der Waals surface area contributed by atoms with Crippen LogP contribution in [-0.2, 0) is 13.6 Å². The molecule has 2 N–H and O–H groups in total. The van der Waals surface area contributed by atoms with Crippen LogP contribution in [0.25, 0.3) is 0 Å². The summed E-state index contributed by atoms with van der Waals surface area (Å²) >= 11 is 3.27. The Morgan fingerprint density at radius 1 is 1.89 bits per heavy atom. The average Bonchev–Trinajstić information content (AvgIpc) is 2.12. The maximum Gasteiger partial charge on any atom is 0.128 e. The molecule has 1 rings (SSSR count). The zero-order valence-corrected chi connectivity index (χ0v) is 6.72. The molecule has 0 radical (unpaired) electrons. The third kappa shape index (κ3) is 1.14. The molecule has 50 valence electrons. The molecule has 0 spiro atoms. The van der Waals surface area contributed by atoms with Crippen LogP contribution in [0.5, 0.6) is 0 Å². The zero-order valence-electron chi connectivity index (χ0n) is 5.13. The molecule has 0 saturated heterocycles. The quantitative estimate of drug-likeness (QED) is 0.706. The number of nitrogens with two attached hydrogens (primary N) is 1. The predicted octanol–water partition coefficient (Wildman–Crippen LogP) is 0.641. The number of aryl methyl sites for hydroxylation is 1. The van der Waals surface area contributed by atoms with Crippen molar-refractivity contribution in [1.29, 1.82) is 0 Å². The number of hydrogen-bond donors (Lipinski definition) is 1. The third-order valence-corrected chi connectivity index (χ3v) is 1.86. The molecular formula is C5H8BrN3. The molecule has 0 aromatic carbocycles. The molecule has 4 heteroatoms. The Kier molecular flexibility index (Phi) is 1.87. The number of hydrogen-bond acceptors (Lipinski definition) is 2. The molecule has 1 aromatic heterocycles. The lowest BCUT2D eigenvalue weighted by molar-refractivity contribution is 0.818. The Balaban J connectivity index is 3.07. The van der Waals surface area contributed by atoms with Crippen LogP contribution in [0.2, 0.25) is 0 Å². The van der Waals surface area contributed by atoms with Crippen molar-refractivity contribution in [3.8, 4) is 0 Å². The number of halogens is 1. The van der Waals surface area contributed by atoms with Crippen LogP contribution in [0.1, 0.15) is 5.69 Å². The first-order valence-corrected chi connectivity index (χ1v) is 3.40. The van der Waals surface area contributed by atoms with Gasteiger partial charge in [0.25, 0.3) is 0 Å². The first kappa shape index (κ1) is 6.77. The van der Waals surface area contributed by atoms with Gasteiger partial charge in [-0.25, -0.2) is 4.98 Å². The van der Waals surface area contributed by atoms with Gasteiger partial charge < -0.3 is 10.3 Å². The van der Waals surface area contributed by atoms with Gasteiger partial charge in [0.1, 0.15) is 4.60 Å². The molecule has 0 bridgehead atoms. The fourth-order valence-electron chi connectivity index (χ4n) is 0.655. The Hall–Kier alpha value is -0.350. The summed E-state index contributed by atoms with van der Waals surface area (Å²) in [5.74, 6) is 0. The molecule has 0 aliphatic carbocycles. The maximum atomic E-state index is 5.41. The van der Waals surface area contributed by atoms with Gasteiger partial charge in [-0.15, -0.1) is 0 Å². The van der Waals surface area contributed by atoms with E-state index >= 15 is 0 Å². The van der Waals surface area contributed by atoms with Crippen LogP contribution in [0.3, 0.4) is 0 Å². The Labute approximate surface area is 62.0 Å². The first-order valence-electron chi connectivity index (χ1n) is 2.61. The monoisotopic (exact) mass is 189 g/mol. The zero-order chi connectivity index (χ0) is 6.85. The van der Waals surface area contributed by atoms with Crippen molar-refractivity contribution in [3.05, 3.63) is 16.6 Å². The summed E-state index contributed by atoms with van der Waals surface area (Å²) in [5.41, 5.74) is 6.43. The van der Waals surface area contributed by atoms with Crippen molar-refractivity contribution in [2.45, 2.75) is 6.54 Å². The maximum absolute atomic E-state index is 5.41. The lowest BCUT2D eigenvalue weighted by Gasteiger charge is -1.95. The Morgan fingerprint density at radius 3 is 2.78 bits per heavy atom. The van der Waals surface area contributed by atoms with Crippen LogP contribution >= 0.6 is 15.9 Å². The van der Waals surface area contributed by atoms with Crippen LogP contribution in [0, 0.1) is 0 Å². The van der Waals surface area contributed by atoms with E-state index in [0.29, 0.717) is 6.54 Å². The van der Waals surface area contributed by atoms with E-state index in [4.69, 9.17) is 5.73 Å². The van der Waals surface area contributed by atoms with E-state index in [9.17, 15) is 0 Å². The van der Waals surface area contributed by atoms with Crippen molar-refractivity contribution in [2.24, 2.45) is 12.8 Å². The van der Waals surface area contributed by atoms with E-state index in [1.165, 1.54) is 0 Å². The third-order valence-electron chi connectivity index (χ3n) is 1.20. The van der Waals surface area contributed by atoms with Gasteiger partial charge in [0.15, 0.2) is 0 Å². The van der Waals surface area contributed by atoms with Crippen LogP contribution in [0.4, 0.5) is 0 Å². The van der Waals surface area contributed by atoms with Crippen molar-refractivity contribution < 1.29 is 0 Å². The molecule has 0 aliphatic rings. The Morgan fingerprint density at radius 2 is 2.56 bits per heavy atom. The highest BCUT2D eigenvalue weighted by molar-refractivity contribution is 9.10. The van der Waals surface area contributed by atoms with Gasteiger partial charge >= 0.3 is 0 Å². The minimum Gasteiger partial charge on any atom is -0.336 e. The molecule has 0 atom stereocenters. The largest absolute Gasteiger partial charge is 0.336 e. The predicted molar refractivity (Wildman–Crippen MR) is 38.8 cm³/mol. The summed E-state index contributed by atoms with van der Waals surface area (Å²) in [6, 6.07) is 0. The first-order chi connectivity index (χ1) is 4.25. The van der Waals surface area contributed by atoms with Crippen molar-refractivity contribution in [3.63, 3.8) is 0 Å². The van der Waals surface area contributed by atoms with Gasteiger partial charge in [-0.1, -0.05) is 0 Å². The standard InChI is InChI=1S/C5H8BrN3/c1-9-3-8-5(6)4(9)2-7/h3H,2,7H2,1H3. The molecule has 0 aliphatic heterocycles. The Bertz CT molecular complexity index is 186. The number of nitrogens with zero attached hydrogens (tertiary/aromatic N) is 2. The lowest BCUT2D eigenvalue weighted by Crippen LogP contribution is -2.02. The van der Waals surface area contributed by atoms with E-state index in [-0.39, 0.29) is 0 Å². The molecule has 0 saturated carbocycles. The highest BCUT2D eigenvalue weighted by Crippen LogP contribution is 2.11. The van der Waals surface area contributed by atoms with E-state index < -0.39 is 0 Å². The summed E-state index contributed by atoms with van der Waals surface area (Å²) in [6.45, 7) is 0.525. The van der Waals surface area contributed by atoms with E-state index in [1.54, 1.807) is 6.33 Å². The highest BCUT2D eigenvalue weighted by atomic mass is 79.9. The summed E-state index contributed by atoms with van der Waals surface area (Å²) in [4.78, 5) is 3.99. The second-order valence-electron chi connectivity index (χ2n) is 1.80. The summed E-state index contributed by atoms with van der Waals surface area (Å²) in [6.07, 6.45) is 1.73. The molecule has 0 unspecified atom stereocenters. The molecule has 1 heterocycles. The molecule has 0 amide bonds. The van der Waals surface area contributed by atoms with Gasteiger partial charge in [-0.2, -0.15) is 0 Å². The minimum absolute atomic E-state index is 0.525. The van der Waals surface area contributed by atoms with Gasteiger partial charge in [0.2, 0.25) is 0 Å². The number of rotatable bonds is 1. The molecular weight excluding hydrogens is 182 g/mol. The van der Waals surface area contributed by atoms with E-state index in [0.717, 1.165) is 10.3 Å². The highest BCUT2D eigenvalue weighted by Gasteiger charge is 2.00. The van der Waals surface area contributed by atoms with E-state index in [1.807, 2.05) is 11.6 Å². The molecule has 0 fully saturated rings. The van der Waals surface area contributed by atoms with Gasteiger partial charge in [0.05, 0.1) is 12.0 Å². The minimum atomic E-state index is 0.525. The SMILES string of the molecule is Cn1cnc(Br)c1CN. The van der Waals surface area contributed by atoms with Gasteiger partial charge in [-0.05, 0) is 15.9 Å². The summed E-state index contributed by atoms with van der Waals surface area (Å²) < 4.78 is 2.73. The summed E-state index contributed by atoms with van der Waals surface area (Å²) in [5, 5.41) is 0. The van der Waals surface area contributed by atoms with Crippen molar-refractivity contribution >= 4 is 15.9 Å². The van der Waals surface area contributed by atoms with Crippen LogP contribution in [-0.4, -0.2) is 9.55 Å². The number of aromatic nitrogens is 2. The van der Waals surface area contributed by atoms with Gasteiger partial charge in [0, 0.05) is 13.6 Å². The molecule has 1 aromatic rings. The van der Waals surface area contributed by atoms with Crippen molar-refractivity contribution in [1.82, 2.24) is 9.55 Å². The smallest absolute Gasteiger partial charge is 0.128 e. The summed E-state index contributed by atoms with van der Waals surface area (Å²) in [7, 11) is 1.92. The molecule has 9 heavy (non-hydrogen) atoms. The van der Waals surface area contributed by atoms with Gasteiger partial charge in [-0.3, -0.25) is 0 Å². The fourth-order valence-corrected chi connectivity index (χ4v) is 1.19. The van der Waals surface area contributed by atoms with Crippen LogP contribution < -0.4 is 5.73 Å². The van der Waals surface area contributed by atoms with E-state index in [2.05, 4.69) is 20.9 Å². The topological polar surface area (TPSA) is 43.8 Å². The normalized spacial score (nSPS) is 10.1. The average molecular weight is 190 g/mol. The lowest BCUT2D eigenvalue weighted by atomic mass is 10.5. The van der Waals surface area contributed by atoms with Crippen molar-refractivity contribution in [2.75, 3.05) is 0 Å².